The largest absolute Gasteiger partial charge is 0.353 e. The molecule has 0 radical (unpaired) electrons. The normalized spacial score (nSPS) is 13.5. The maximum Gasteiger partial charge on any atom is 0.110 e. The summed E-state index contributed by atoms with van der Waals surface area (Å²) in [6.45, 7) is 1.62. The van der Waals surface area contributed by atoms with Crippen molar-refractivity contribution in [2.75, 3.05) is 6.67 Å². The van der Waals surface area contributed by atoms with Crippen LogP contribution in [0.5, 0.6) is 0 Å². The van der Waals surface area contributed by atoms with E-state index in [-0.39, 0.29) is 0 Å². The second-order valence-electron chi connectivity index (χ2n) is 4.36. The first-order valence-corrected chi connectivity index (χ1v) is 6.70. The maximum atomic E-state index is 4.59. The highest BCUT2D eigenvalue weighted by molar-refractivity contribution is 9.10. The van der Waals surface area contributed by atoms with Gasteiger partial charge in [-0.15, -0.1) is 0 Å². The van der Waals surface area contributed by atoms with Crippen molar-refractivity contribution in [2.45, 2.75) is 6.54 Å². The first-order valence-electron chi connectivity index (χ1n) is 5.91. The predicted octanol–water partition coefficient (Wildman–Crippen LogP) is 2.28. The van der Waals surface area contributed by atoms with Gasteiger partial charge in [0.25, 0.3) is 0 Å². The van der Waals surface area contributed by atoms with Gasteiger partial charge in [-0.05, 0) is 23.8 Å². The molecule has 3 rings (SSSR count). The van der Waals surface area contributed by atoms with Crippen LogP contribution in [0.1, 0.15) is 5.56 Å². The minimum atomic E-state index is 0.726. The SMILES string of the molecule is Brc1ccc2c(c1)=CN(Cc1ccccc1)CN=2. The smallest absolute Gasteiger partial charge is 0.110 e. The van der Waals surface area contributed by atoms with Gasteiger partial charge < -0.3 is 4.90 Å². The number of fused-ring (bicyclic) bond motifs is 1. The molecule has 1 aliphatic heterocycles. The van der Waals surface area contributed by atoms with Gasteiger partial charge in [-0.2, -0.15) is 0 Å². The van der Waals surface area contributed by atoms with Gasteiger partial charge in [0.05, 0.1) is 5.36 Å². The van der Waals surface area contributed by atoms with Crippen LogP contribution in [0.25, 0.3) is 6.20 Å². The van der Waals surface area contributed by atoms with Crippen LogP contribution in [0.2, 0.25) is 0 Å². The van der Waals surface area contributed by atoms with Crippen molar-refractivity contribution in [1.82, 2.24) is 4.90 Å². The molecular formula is C15H13BrN2. The zero-order valence-corrected chi connectivity index (χ0v) is 11.5. The highest BCUT2D eigenvalue weighted by Crippen LogP contribution is 2.07. The van der Waals surface area contributed by atoms with E-state index >= 15 is 0 Å². The van der Waals surface area contributed by atoms with E-state index < -0.39 is 0 Å². The molecule has 18 heavy (non-hydrogen) atoms. The first-order chi connectivity index (χ1) is 8.81. The van der Waals surface area contributed by atoms with Crippen LogP contribution in [0.15, 0.2) is 58.0 Å². The molecule has 0 N–H and O–H groups in total. The van der Waals surface area contributed by atoms with E-state index in [9.17, 15) is 0 Å². The number of benzene rings is 2. The molecule has 0 unspecified atom stereocenters. The standard InChI is InChI=1S/C15H13BrN2/c16-14-6-7-15-13(8-14)10-18(11-17-15)9-12-4-2-1-3-5-12/h1-8,10H,9,11H2. The number of nitrogens with zero attached hydrogens (tertiary/aromatic N) is 2. The lowest BCUT2D eigenvalue weighted by Gasteiger charge is -2.20. The molecule has 0 aromatic heterocycles. The third-order valence-corrected chi connectivity index (χ3v) is 3.46. The Morgan fingerprint density at radius 3 is 2.78 bits per heavy atom. The summed E-state index contributed by atoms with van der Waals surface area (Å²) in [5.41, 5.74) is 1.31. The van der Waals surface area contributed by atoms with E-state index in [4.69, 9.17) is 0 Å². The minimum absolute atomic E-state index is 0.726. The average Bonchev–Trinajstić information content (AvgIpc) is 2.39. The third kappa shape index (κ3) is 2.46. The average molecular weight is 301 g/mol. The molecule has 1 heterocycles. The topological polar surface area (TPSA) is 15.6 Å². The Morgan fingerprint density at radius 1 is 1.11 bits per heavy atom. The second kappa shape index (κ2) is 4.94. The Hall–Kier alpha value is -1.61. The Bertz CT molecular complexity index is 665. The summed E-state index contributed by atoms with van der Waals surface area (Å²) in [6, 6.07) is 16.7. The van der Waals surface area contributed by atoms with Crippen molar-refractivity contribution in [2.24, 2.45) is 4.99 Å². The lowest BCUT2D eigenvalue weighted by Crippen LogP contribution is -2.35. The zero-order chi connectivity index (χ0) is 12.4. The van der Waals surface area contributed by atoms with Gasteiger partial charge >= 0.3 is 0 Å². The molecule has 0 spiro atoms. The monoisotopic (exact) mass is 300 g/mol. The first kappa shape index (κ1) is 11.5. The minimum Gasteiger partial charge on any atom is -0.353 e. The Morgan fingerprint density at radius 2 is 1.94 bits per heavy atom. The van der Waals surface area contributed by atoms with Gasteiger partial charge in [0, 0.05) is 22.4 Å². The fraction of sp³-hybridized carbons (Fsp3) is 0.133. The molecule has 0 aliphatic carbocycles. The summed E-state index contributed by atoms with van der Waals surface area (Å²) < 4.78 is 1.09. The Labute approximate surface area is 114 Å². The van der Waals surface area contributed by atoms with Crippen molar-refractivity contribution >= 4 is 22.1 Å². The fourth-order valence-corrected chi connectivity index (χ4v) is 2.47. The summed E-state index contributed by atoms with van der Waals surface area (Å²) in [6.07, 6.45) is 2.18. The van der Waals surface area contributed by atoms with Crippen LogP contribution in [-0.2, 0) is 6.54 Å². The number of hydrogen-bond acceptors (Lipinski definition) is 2. The molecule has 0 bridgehead atoms. The van der Waals surface area contributed by atoms with Crippen molar-refractivity contribution in [3.05, 3.63) is 69.1 Å². The van der Waals surface area contributed by atoms with Crippen LogP contribution in [-0.4, -0.2) is 11.6 Å². The van der Waals surface area contributed by atoms with Crippen LogP contribution >= 0.6 is 15.9 Å². The summed E-state index contributed by atoms with van der Waals surface area (Å²) >= 11 is 3.50. The van der Waals surface area contributed by atoms with Gasteiger partial charge in [0.15, 0.2) is 0 Å². The van der Waals surface area contributed by atoms with Crippen molar-refractivity contribution in [3.8, 4) is 0 Å². The molecule has 2 aromatic carbocycles. The predicted molar refractivity (Wildman–Crippen MR) is 76.2 cm³/mol. The van der Waals surface area contributed by atoms with Crippen LogP contribution in [0.4, 0.5) is 0 Å². The molecule has 0 atom stereocenters. The van der Waals surface area contributed by atoms with Gasteiger partial charge in [0.1, 0.15) is 6.67 Å². The van der Waals surface area contributed by atoms with Crippen LogP contribution < -0.4 is 10.6 Å². The summed E-state index contributed by atoms with van der Waals surface area (Å²) in [5, 5.41) is 2.24. The maximum absolute atomic E-state index is 4.59. The van der Waals surface area contributed by atoms with E-state index in [1.165, 1.54) is 10.8 Å². The van der Waals surface area contributed by atoms with Crippen LogP contribution in [0.3, 0.4) is 0 Å². The number of rotatable bonds is 2. The number of halogens is 1. The summed E-state index contributed by atoms with van der Waals surface area (Å²) in [4.78, 5) is 6.81. The fourth-order valence-electron chi connectivity index (χ4n) is 2.09. The molecule has 0 fully saturated rings. The molecule has 1 aliphatic rings. The van der Waals surface area contributed by atoms with Gasteiger partial charge in [0.2, 0.25) is 0 Å². The molecular weight excluding hydrogens is 288 g/mol. The van der Waals surface area contributed by atoms with E-state index in [1.54, 1.807) is 0 Å². The molecule has 0 amide bonds. The van der Waals surface area contributed by atoms with E-state index in [1.807, 2.05) is 12.1 Å². The van der Waals surface area contributed by atoms with Gasteiger partial charge in [-0.3, -0.25) is 4.99 Å². The molecule has 2 aromatic rings. The molecule has 90 valence electrons. The molecule has 3 heteroatoms. The van der Waals surface area contributed by atoms with Crippen molar-refractivity contribution < 1.29 is 0 Å². The summed E-state index contributed by atoms with van der Waals surface area (Å²) in [7, 11) is 0. The highest BCUT2D eigenvalue weighted by atomic mass is 79.9. The van der Waals surface area contributed by atoms with E-state index in [0.29, 0.717) is 0 Å². The number of hydrogen-bond donors (Lipinski definition) is 0. The van der Waals surface area contributed by atoms with Crippen molar-refractivity contribution in [1.29, 1.82) is 0 Å². The zero-order valence-electron chi connectivity index (χ0n) is 9.88. The lowest BCUT2D eigenvalue weighted by atomic mass is 10.2. The second-order valence-corrected chi connectivity index (χ2v) is 5.28. The summed E-state index contributed by atoms with van der Waals surface area (Å²) in [5.74, 6) is 0. The molecule has 0 saturated carbocycles. The Kier molecular flexibility index (Phi) is 3.15. The Balaban J connectivity index is 1.90. The van der Waals surface area contributed by atoms with Gasteiger partial charge in [-0.1, -0.05) is 46.3 Å². The third-order valence-electron chi connectivity index (χ3n) is 2.96. The molecule has 2 nitrogen and oxygen atoms in total. The van der Waals surface area contributed by atoms with Gasteiger partial charge in [-0.25, -0.2) is 0 Å². The van der Waals surface area contributed by atoms with Crippen LogP contribution in [0, 0.1) is 0 Å². The lowest BCUT2D eigenvalue weighted by molar-refractivity contribution is 0.407. The quantitative estimate of drug-likeness (QED) is 0.831. The molecule has 0 saturated heterocycles. The highest BCUT2D eigenvalue weighted by Gasteiger charge is 2.04. The van der Waals surface area contributed by atoms with Crippen molar-refractivity contribution in [3.63, 3.8) is 0 Å². The van der Waals surface area contributed by atoms with E-state index in [0.717, 1.165) is 23.0 Å². The van der Waals surface area contributed by atoms with E-state index in [2.05, 4.69) is 68.4 Å².